The van der Waals surface area contributed by atoms with Crippen LogP contribution in [0.1, 0.15) is 17.3 Å². The number of nitrogens with one attached hydrogen (secondary N) is 1. The van der Waals surface area contributed by atoms with Gasteiger partial charge in [0.25, 0.3) is 0 Å². The van der Waals surface area contributed by atoms with Gasteiger partial charge in [0.05, 0.1) is 7.11 Å². The van der Waals surface area contributed by atoms with E-state index >= 15 is 0 Å². The maximum atomic E-state index is 11.1. The van der Waals surface area contributed by atoms with Gasteiger partial charge in [-0.15, -0.1) is 0 Å². The Balaban J connectivity index is 3.15. The van der Waals surface area contributed by atoms with E-state index < -0.39 is 0 Å². The molecule has 1 N–H and O–H groups in total. The molecule has 0 atom stereocenters. The second-order valence-corrected chi connectivity index (χ2v) is 2.72. The van der Waals surface area contributed by atoms with E-state index in [4.69, 9.17) is 4.74 Å². The lowest BCUT2D eigenvalue weighted by Gasteiger charge is -2.08. The number of Topliss-reactive ketones (excluding diaryl/α,β-unsaturated/α-hetero) is 1. The number of ketones is 1. The molecule has 0 spiro atoms. The summed E-state index contributed by atoms with van der Waals surface area (Å²) in [6, 6.07) is 5.33. The second-order valence-electron chi connectivity index (χ2n) is 2.72. The summed E-state index contributed by atoms with van der Waals surface area (Å²) < 4.78 is 5.04. The third-order valence-corrected chi connectivity index (χ3v) is 1.88. The minimum Gasteiger partial charge on any atom is -0.497 e. The van der Waals surface area contributed by atoms with Crippen LogP contribution in [-0.2, 0) is 0 Å². The highest BCUT2D eigenvalue weighted by atomic mass is 16.5. The summed E-state index contributed by atoms with van der Waals surface area (Å²) in [6.45, 7) is 1.54. The standard InChI is InChI=1S/C10H13NO2/c1-7(12)9-5-4-8(13-3)6-10(9)11-2/h4-6,11H,1-3H3. The quantitative estimate of drug-likeness (QED) is 0.720. The molecule has 0 aliphatic carbocycles. The number of hydrogen-bond donors (Lipinski definition) is 1. The second kappa shape index (κ2) is 3.94. The zero-order valence-electron chi connectivity index (χ0n) is 8.05. The molecule has 1 aromatic rings. The van der Waals surface area contributed by atoms with E-state index in [1.165, 1.54) is 0 Å². The van der Waals surface area contributed by atoms with Gasteiger partial charge in [0.15, 0.2) is 5.78 Å². The Labute approximate surface area is 77.7 Å². The van der Waals surface area contributed by atoms with Gasteiger partial charge >= 0.3 is 0 Å². The van der Waals surface area contributed by atoms with Gasteiger partial charge in [-0.1, -0.05) is 0 Å². The van der Waals surface area contributed by atoms with E-state index in [-0.39, 0.29) is 5.78 Å². The highest BCUT2D eigenvalue weighted by Gasteiger charge is 2.06. The first-order chi connectivity index (χ1) is 6.19. The SMILES string of the molecule is CNc1cc(OC)ccc1C(C)=O. The van der Waals surface area contributed by atoms with Crippen LogP contribution in [0.15, 0.2) is 18.2 Å². The Morgan fingerprint density at radius 2 is 2.15 bits per heavy atom. The van der Waals surface area contributed by atoms with Crippen molar-refractivity contribution in [1.29, 1.82) is 0 Å². The van der Waals surface area contributed by atoms with E-state index in [0.29, 0.717) is 5.56 Å². The normalized spacial score (nSPS) is 9.46. The predicted octanol–water partition coefficient (Wildman–Crippen LogP) is 1.94. The van der Waals surface area contributed by atoms with Crippen LogP contribution in [0.5, 0.6) is 5.75 Å². The van der Waals surface area contributed by atoms with Gasteiger partial charge in [0.2, 0.25) is 0 Å². The lowest BCUT2D eigenvalue weighted by Crippen LogP contribution is -2.00. The zero-order valence-corrected chi connectivity index (χ0v) is 8.05. The molecule has 0 bridgehead atoms. The van der Waals surface area contributed by atoms with Crippen molar-refractivity contribution in [2.75, 3.05) is 19.5 Å². The minimum atomic E-state index is 0.0482. The number of anilines is 1. The van der Waals surface area contributed by atoms with Gasteiger partial charge in [-0.3, -0.25) is 4.79 Å². The average Bonchev–Trinajstić information content (AvgIpc) is 2.16. The van der Waals surface area contributed by atoms with Crippen molar-refractivity contribution >= 4 is 11.5 Å². The van der Waals surface area contributed by atoms with Gasteiger partial charge in [-0.25, -0.2) is 0 Å². The van der Waals surface area contributed by atoms with Gasteiger partial charge in [-0.05, 0) is 19.1 Å². The van der Waals surface area contributed by atoms with Crippen molar-refractivity contribution in [1.82, 2.24) is 0 Å². The Morgan fingerprint density at radius 3 is 2.62 bits per heavy atom. The molecule has 0 saturated carbocycles. The molecule has 0 fully saturated rings. The van der Waals surface area contributed by atoms with Crippen LogP contribution >= 0.6 is 0 Å². The van der Waals surface area contributed by atoms with Crippen molar-refractivity contribution in [2.45, 2.75) is 6.92 Å². The number of benzene rings is 1. The summed E-state index contributed by atoms with van der Waals surface area (Å²) in [5, 5.41) is 2.95. The fourth-order valence-electron chi connectivity index (χ4n) is 1.16. The van der Waals surface area contributed by atoms with Crippen molar-refractivity contribution in [3.63, 3.8) is 0 Å². The van der Waals surface area contributed by atoms with Gasteiger partial charge < -0.3 is 10.1 Å². The van der Waals surface area contributed by atoms with Crippen molar-refractivity contribution in [3.8, 4) is 5.75 Å². The summed E-state index contributed by atoms with van der Waals surface area (Å²) in [5.41, 5.74) is 1.48. The molecule has 1 aromatic carbocycles. The Bertz CT molecular complexity index is 321. The van der Waals surface area contributed by atoms with Crippen molar-refractivity contribution in [2.24, 2.45) is 0 Å². The largest absolute Gasteiger partial charge is 0.497 e. The molecule has 0 aromatic heterocycles. The molecule has 70 valence electrons. The molecule has 3 nitrogen and oxygen atoms in total. The van der Waals surface area contributed by atoms with E-state index in [1.54, 1.807) is 39.3 Å². The molecule has 3 heteroatoms. The van der Waals surface area contributed by atoms with E-state index in [1.807, 2.05) is 0 Å². The van der Waals surface area contributed by atoms with Crippen LogP contribution < -0.4 is 10.1 Å². The summed E-state index contributed by atoms with van der Waals surface area (Å²) in [4.78, 5) is 11.1. The fraction of sp³-hybridized carbons (Fsp3) is 0.300. The number of carbonyl (C=O) groups is 1. The Morgan fingerprint density at radius 1 is 1.46 bits per heavy atom. The number of ether oxygens (including phenoxy) is 1. The Hall–Kier alpha value is -1.51. The molecule has 0 aliphatic heterocycles. The summed E-state index contributed by atoms with van der Waals surface area (Å²) in [5.74, 6) is 0.793. The van der Waals surface area contributed by atoms with Crippen LogP contribution in [0.2, 0.25) is 0 Å². The number of carbonyl (C=O) groups excluding carboxylic acids is 1. The van der Waals surface area contributed by atoms with E-state index in [0.717, 1.165) is 11.4 Å². The topological polar surface area (TPSA) is 38.3 Å². The van der Waals surface area contributed by atoms with Crippen LogP contribution in [0.25, 0.3) is 0 Å². The summed E-state index contributed by atoms with van der Waals surface area (Å²) in [7, 11) is 3.38. The molecule has 13 heavy (non-hydrogen) atoms. The van der Waals surface area contributed by atoms with Crippen LogP contribution in [0.4, 0.5) is 5.69 Å². The molecule has 0 aliphatic rings. The Kier molecular flexibility index (Phi) is 2.90. The first-order valence-electron chi connectivity index (χ1n) is 4.05. The van der Waals surface area contributed by atoms with Crippen molar-refractivity contribution < 1.29 is 9.53 Å². The van der Waals surface area contributed by atoms with E-state index in [2.05, 4.69) is 5.32 Å². The first-order valence-corrected chi connectivity index (χ1v) is 4.05. The van der Waals surface area contributed by atoms with Gasteiger partial charge in [0.1, 0.15) is 5.75 Å². The molecule has 0 unspecified atom stereocenters. The lowest BCUT2D eigenvalue weighted by atomic mass is 10.1. The maximum absolute atomic E-state index is 11.1. The summed E-state index contributed by atoms with van der Waals surface area (Å²) >= 11 is 0. The molecular weight excluding hydrogens is 166 g/mol. The minimum absolute atomic E-state index is 0.0482. The first kappa shape index (κ1) is 9.58. The molecule has 0 radical (unpaired) electrons. The fourth-order valence-corrected chi connectivity index (χ4v) is 1.16. The van der Waals surface area contributed by atoms with Crippen molar-refractivity contribution in [3.05, 3.63) is 23.8 Å². The zero-order chi connectivity index (χ0) is 9.84. The maximum Gasteiger partial charge on any atom is 0.161 e. The number of methoxy groups -OCH3 is 1. The highest BCUT2D eigenvalue weighted by molar-refractivity contribution is 5.99. The molecule has 0 heterocycles. The third-order valence-electron chi connectivity index (χ3n) is 1.88. The molecule has 0 saturated heterocycles. The van der Waals surface area contributed by atoms with Crippen LogP contribution in [-0.4, -0.2) is 19.9 Å². The summed E-state index contributed by atoms with van der Waals surface area (Å²) in [6.07, 6.45) is 0. The molecular formula is C10H13NO2. The van der Waals surface area contributed by atoms with E-state index in [9.17, 15) is 4.79 Å². The third kappa shape index (κ3) is 1.99. The van der Waals surface area contributed by atoms with Crippen LogP contribution in [0, 0.1) is 0 Å². The average molecular weight is 179 g/mol. The lowest BCUT2D eigenvalue weighted by molar-refractivity contribution is 0.101. The smallest absolute Gasteiger partial charge is 0.161 e. The number of rotatable bonds is 3. The van der Waals surface area contributed by atoms with Gasteiger partial charge in [-0.2, -0.15) is 0 Å². The predicted molar refractivity (Wildman–Crippen MR) is 52.5 cm³/mol. The van der Waals surface area contributed by atoms with Crippen LogP contribution in [0.3, 0.4) is 0 Å². The highest BCUT2D eigenvalue weighted by Crippen LogP contribution is 2.22. The molecule has 0 amide bonds. The number of hydrogen-bond acceptors (Lipinski definition) is 3. The van der Waals surface area contributed by atoms with Gasteiger partial charge in [0, 0.05) is 24.4 Å². The monoisotopic (exact) mass is 179 g/mol. The molecule has 1 rings (SSSR count).